The van der Waals surface area contributed by atoms with E-state index in [0.717, 1.165) is 46.3 Å². The number of rotatable bonds is 7. The van der Waals surface area contributed by atoms with Gasteiger partial charge in [0.1, 0.15) is 12.6 Å². The Morgan fingerprint density at radius 3 is 1.48 bits per heavy atom. The Labute approximate surface area is 181 Å². The van der Waals surface area contributed by atoms with Crippen molar-refractivity contribution >= 4 is 35.7 Å². The minimum atomic E-state index is 0.622. The van der Waals surface area contributed by atoms with Crippen molar-refractivity contribution in [1.29, 1.82) is 0 Å². The van der Waals surface area contributed by atoms with Gasteiger partial charge in [0.2, 0.25) is 0 Å². The highest BCUT2D eigenvalue weighted by Gasteiger charge is 2.13. The summed E-state index contributed by atoms with van der Waals surface area (Å²) in [7, 11) is 0. The number of anilines is 3. The van der Waals surface area contributed by atoms with Crippen molar-refractivity contribution in [3.8, 4) is 11.1 Å². The molecule has 3 heteroatoms. The summed E-state index contributed by atoms with van der Waals surface area (Å²) in [6.07, 6.45) is 3.52. The topological polar surface area (TPSA) is 37.4 Å². The molecular weight excluding hydrogens is 382 g/mol. The average Bonchev–Trinajstić information content (AvgIpc) is 2.85. The molecule has 4 rings (SSSR count). The van der Waals surface area contributed by atoms with Gasteiger partial charge in [-0.3, -0.25) is 9.59 Å². The molecule has 3 nitrogen and oxygen atoms in total. The third-order valence-electron chi connectivity index (χ3n) is 5.19. The van der Waals surface area contributed by atoms with Crippen molar-refractivity contribution < 1.29 is 9.59 Å². The molecule has 4 aromatic rings. The highest BCUT2D eigenvalue weighted by Crippen LogP contribution is 2.36. The summed E-state index contributed by atoms with van der Waals surface area (Å²) in [4.78, 5) is 24.2. The zero-order valence-corrected chi connectivity index (χ0v) is 16.9. The summed E-state index contributed by atoms with van der Waals surface area (Å²) < 4.78 is 0. The molecule has 0 radical (unpaired) electrons. The molecule has 0 aliphatic carbocycles. The van der Waals surface area contributed by atoms with Crippen LogP contribution in [0.5, 0.6) is 0 Å². The standard InChI is InChI=1S/C28H21NO2/c1-2-23-5-3-4-6-28(23)24-11-17-27(18-12-24)29(25-13-7-21(19-30)8-14-25)26-15-9-22(20-31)10-16-26/h2-20H,1H2. The lowest BCUT2D eigenvalue weighted by Gasteiger charge is -2.26. The lowest BCUT2D eigenvalue weighted by Crippen LogP contribution is -2.10. The molecule has 0 N–H and O–H groups in total. The van der Waals surface area contributed by atoms with Crippen LogP contribution >= 0.6 is 0 Å². The summed E-state index contributed by atoms with van der Waals surface area (Å²) in [5.74, 6) is 0. The molecule has 0 spiro atoms. The molecule has 0 aromatic heterocycles. The second-order valence-electron chi connectivity index (χ2n) is 7.09. The Balaban J connectivity index is 1.77. The maximum absolute atomic E-state index is 11.1. The van der Waals surface area contributed by atoms with Crippen LogP contribution in [-0.4, -0.2) is 12.6 Å². The van der Waals surface area contributed by atoms with Crippen molar-refractivity contribution in [3.05, 3.63) is 120 Å². The van der Waals surface area contributed by atoms with Crippen molar-refractivity contribution in [3.63, 3.8) is 0 Å². The van der Waals surface area contributed by atoms with E-state index in [0.29, 0.717) is 11.1 Å². The summed E-state index contributed by atoms with van der Waals surface area (Å²) in [5, 5.41) is 0. The second-order valence-corrected chi connectivity index (χ2v) is 7.09. The molecule has 0 aliphatic heterocycles. The van der Waals surface area contributed by atoms with Crippen molar-refractivity contribution in [2.45, 2.75) is 0 Å². The summed E-state index contributed by atoms with van der Waals surface area (Å²) in [6, 6.07) is 31.3. The van der Waals surface area contributed by atoms with Gasteiger partial charge < -0.3 is 4.90 Å². The van der Waals surface area contributed by atoms with Crippen molar-refractivity contribution in [2.24, 2.45) is 0 Å². The van der Waals surface area contributed by atoms with Crippen LogP contribution in [0.2, 0.25) is 0 Å². The minimum absolute atomic E-state index is 0.622. The first kappa shape index (κ1) is 20.0. The van der Waals surface area contributed by atoms with E-state index in [1.165, 1.54) is 0 Å². The fourth-order valence-electron chi connectivity index (χ4n) is 3.58. The van der Waals surface area contributed by atoms with Gasteiger partial charge in [0.05, 0.1) is 0 Å². The molecule has 31 heavy (non-hydrogen) atoms. The van der Waals surface area contributed by atoms with Crippen LogP contribution in [0.15, 0.2) is 104 Å². The minimum Gasteiger partial charge on any atom is -0.311 e. The van der Waals surface area contributed by atoms with Crippen LogP contribution in [0, 0.1) is 0 Å². The summed E-state index contributed by atoms with van der Waals surface area (Å²) >= 11 is 0. The third kappa shape index (κ3) is 4.21. The zero-order valence-electron chi connectivity index (χ0n) is 16.9. The Hall–Kier alpha value is -4.24. The number of hydrogen-bond donors (Lipinski definition) is 0. The quantitative estimate of drug-likeness (QED) is 0.309. The van der Waals surface area contributed by atoms with E-state index in [4.69, 9.17) is 0 Å². The lowest BCUT2D eigenvalue weighted by molar-refractivity contribution is 0.111. The van der Waals surface area contributed by atoms with Gasteiger partial charge in [0.15, 0.2) is 0 Å². The molecule has 0 fully saturated rings. The number of aldehydes is 2. The first-order valence-electron chi connectivity index (χ1n) is 9.96. The number of carbonyl (C=O) groups excluding carboxylic acids is 2. The predicted molar refractivity (Wildman–Crippen MR) is 127 cm³/mol. The zero-order chi connectivity index (χ0) is 21.6. The fraction of sp³-hybridized carbons (Fsp3) is 0. The normalized spacial score (nSPS) is 10.3. The second kappa shape index (κ2) is 9.06. The van der Waals surface area contributed by atoms with Crippen LogP contribution in [0.3, 0.4) is 0 Å². The van der Waals surface area contributed by atoms with Crippen LogP contribution in [-0.2, 0) is 0 Å². The van der Waals surface area contributed by atoms with E-state index in [2.05, 4.69) is 41.8 Å². The van der Waals surface area contributed by atoms with Crippen LogP contribution < -0.4 is 4.90 Å². The molecule has 0 bridgehead atoms. The smallest absolute Gasteiger partial charge is 0.150 e. The predicted octanol–water partition coefficient (Wildman–Crippen LogP) is 7.09. The number of hydrogen-bond acceptors (Lipinski definition) is 3. The highest BCUT2D eigenvalue weighted by atomic mass is 16.1. The molecule has 0 atom stereocenters. The molecule has 0 unspecified atom stereocenters. The molecule has 0 amide bonds. The van der Waals surface area contributed by atoms with E-state index < -0.39 is 0 Å². The maximum Gasteiger partial charge on any atom is 0.150 e. The largest absolute Gasteiger partial charge is 0.311 e. The maximum atomic E-state index is 11.1. The first-order valence-corrected chi connectivity index (χ1v) is 9.96. The highest BCUT2D eigenvalue weighted by molar-refractivity contribution is 5.83. The van der Waals surface area contributed by atoms with Gasteiger partial charge in [-0.15, -0.1) is 0 Å². The van der Waals surface area contributed by atoms with Crippen molar-refractivity contribution in [2.75, 3.05) is 4.90 Å². The van der Waals surface area contributed by atoms with Crippen LogP contribution in [0.4, 0.5) is 17.1 Å². The number of benzene rings is 4. The van der Waals surface area contributed by atoms with Gasteiger partial charge in [0.25, 0.3) is 0 Å². The van der Waals surface area contributed by atoms with Crippen molar-refractivity contribution in [1.82, 2.24) is 0 Å². The first-order chi connectivity index (χ1) is 15.2. The van der Waals surface area contributed by atoms with Crippen LogP contribution in [0.1, 0.15) is 26.3 Å². The third-order valence-corrected chi connectivity index (χ3v) is 5.19. The van der Waals surface area contributed by atoms with E-state index in [1.54, 1.807) is 24.3 Å². The molecule has 0 aliphatic rings. The van der Waals surface area contributed by atoms with E-state index in [-0.39, 0.29) is 0 Å². The van der Waals surface area contributed by atoms with Gasteiger partial charge in [-0.2, -0.15) is 0 Å². The van der Waals surface area contributed by atoms with Gasteiger partial charge in [-0.05, 0) is 77.4 Å². The molecule has 4 aromatic carbocycles. The monoisotopic (exact) mass is 403 g/mol. The Morgan fingerprint density at radius 2 is 1.03 bits per heavy atom. The van der Waals surface area contributed by atoms with Gasteiger partial charge in [-0.1, -0.05) is 49.1 Å². The summed E-state index contributed by atoms with van der Waals surface area (Å²) in [5.41, 5.74) is 7.37. The molecule has 150 valence electrons. The summed E-state index contributed by atoms with van der Waals surface area (Å²) in [6.45, 7) is 3.91. The Bertz CT molecular complexity index is 1160. The molecule has 0 saturated carbocycles. The lowest BCUT2D eigenvalue weighted by atomic mass is 9.99. The molecule has 0 saturated heterocycles. The molecular formula is C28H21NO2. The van der Waals surface area contributed by atoms with Gasteiger partial charge in [-0.25, -0.2) is 0 Å². The molecule has 0 heterocycles. The van der Waals surface area contributed by atoms with E-state index >= 15 is 0 Å². The fourth-order valence-corrected chi connectivity index (χ4v) is 3.58. The van der Waals surface area contributed by atoms with E-state index in [1.807, 2.05) is 48.5 Å². The SMILES string of the molecule is C=Cc1ccccc1-c1ccc(N(c2ccc(C=O)cc2)c2ccc(C=O)cc2)cc1. The number of nitrogens with zero attached hydrogens (tertiary/aromatic N) is 1. The van der Waals surface area contributed by atoms with E-state index in [9.17, 15) is 9.59 Å². The van der Waals surface area contributed by atoms with Gasteiger partial charge >= 0.3 is 0 Å². The Morgan fingerprint density at radius 1 is 0.581 bits per heavy atom. The van der Waals surface area contributed by atoms with Gasteiger partial charge in [0, 0.05) is 28.2 Å². The Kier molecular flexibility index (Phi) is 5.86. The average molecular weight is 403 g/mol. The number of carbonyl (C=O) groups is 2. The van der Waals surface area contributed by atoms with Crippen LogP contribution in [0.25, 0.3) is 17.2 Å².